The molecule has 0 bridgehead atoms. The summed E-state index contributed by atoms with van der Waals surface area (Å²) in [5, 5.41) is 3.50. The molecule has 1 aliphatic carbocycles. The minimum absolute atomic E-state index is 0.144. The molecule has 1 N–H and O–H groups in total. The fourth-order valence-electron chi connectivity index (χ4n) is 5.60. The normalized spacial score (nSPS) is 18.9. The van der Waals surface area contributed by atoms with Crippen molar-refractivity contribution >= 4 is 32.7 Å². The van der Waals surface area contributed by atoms with Crippen LogP contribution in [-0.4, -0.2) is 40.3 Å². The van der Waals surface area contributed by atoms with Gasteiger partial charge in [0, 0.05) is 36.4 Å². The largest absolute Gasteiger partial charge is 0.324 e. The van der Waals surface area contributed by atoms with E-state index in [0.29, 0.717) is 47.7 Å². The third-order valence-electron chi connectivity index (χ3n) is 8.40. The molecule has 3 aromatic rings. The molecule has 1 aliphatic heterocycles. The van der Waals surface area contributed by atoms with Gasteiger partial charge in [0.1, 0.15) is 5.65 Å². The van der Waals surface area contributed by atoms with Gasteiger partial charge >= 0.3 is 0 Å². The van der Waals surface area contributed by atoms with Crippen molar-refractivity contribution in [3.63, 3.8) is 0 Å². The zero-order valence-electron chi connectivity index (χ0n) is 22.7. The van der Waals surface area contributed by atoms with Crippen molar-refractivity contribution in [1.82, 2.24) is 18.8 Å². The van der Waals surface area contributed by atoms with E-state index < -0.39 is 27.6 Å². The first-order valence-electron chi connectivity index (χ1n) is 13.5. The third kappa shape index (κ3) is 5.18. The fraction of sp³-hybridized carbons (Fsp3) is 0.536. The van der Waals surface area contributed by atoms with Crippen molar-refractivity contribution in [2.75, 3.05) is 18.4 Å². The minimum atomic E-state index is -3.59. The summed E-state index contributed by atoms with van der Waals surface area (Å²) < 4.78 is 56.9. The summed E-state index contributed by atoms with van der Waals surface area (Å²) in [5.41, 5.74) is 0.186. The molecule has 1 unspecified atom stereocenters. The Bertz CT molecular complexity index is 1560. The number of sulfonamides is 1. The van der Waals surface area contributed by atoms with E-state index >= 15 is 0 Å². The van der Waals surface area contributed by atoms with E-state index in [2.05, 4.69) is 29.1 Å². The number of hydrogen-bond acceptors (Lipinski definition) is 6. The molecule has 39 heavy (non-hydrogen) atoms. The van der Waals surface area contributed by atoms with Crippen molar-refractivity contribution < 1.29 is 17.2 Å². The lowest BCUT2D eigenvalue weighted by Gasteiger charge is -2.29. The van der Waals surface area contributed by atoms with Crippen LogP contribution in [0.25, 0.3) is 11.0 Å². The molecule has 8 nitrogen and oxygen atoms in total. The highest BCUT2D eigenvalue weighted by atomic mass is 32.2. The Labute approximate surface area is 227 Å². The number of rotatable bonds is 8. The van der Waals surface area contributed by atoms with Crippen LogP contribution in [0.1, 0.15) is 76.5 Å². The smallest absolute Gasteiger partial charge is 0.269 e. The highest BCUT2D eigenvalue weighted by molar-refractivity contribution is 7.89. The zero-order valence-corrected chi connectivity index (χ0v) is 23.6. The maximum absolute atomic E-state index is 13.8. The van der Waals surface area contributed by atoms with Crippen molar-refractivity contribution in [2.45, 2.75) is 77.2 Å². The number of aromatic nitrogens is 3. The van der Waals surface area contributed by atoms with Crippen LogP contribution < -0.4 is 10.9 Å². The molecule has 2 fully saturated rings. The second-order valence-electron chi connectivity index (χ2n) is 11.3. The van der Waals surface area contributed by atoms with Crippen LogP contribution in [0.4, 0.5) is 20.4 Å². The van der Waals surface area contributed by atoms with Gasteiger partial charge in [-0.3, -0.25) is 9.36 Å². The molecule has 2 aromatic heterocycles. The van der Waals surface area contributed by atoms with E-state index in [4.69, 9.17) is 0 Å². The highest BCUT2D eigenvalue weighted by Gasteiger charge is 2.46. The SMILES string of the molecule is CCC(n1c(=O)c(C(F)F)cc2cnc(Nc3ccc(S(=O)(=O)N4CCC(C)CC4)cc3C)nc21)C1(C)CC1. The van der Waals surface area contributed by atoms with Crippen LogP contribution in [0.15, 0.2) is 40.2 Å². The standard InChI is InChI=1S/C28H35F2N5O3S/c1-5-23(28(4)10-11-28)35-25-19(15-21(24(29)30)26(35)36)16-31-27(33-25)32-22-7-6-20(14-18(22)3)39(37,38)34-12-8-17(2)9-13-34/h6-7,14-17,23-24H,5,8-13H2,1-4H3,(H,31,32,33). The van der Waals surface area contributed by atoms with Crippen molar-refractivity contribution in [1.29, 1.82) is 0 Å². The molecular formula is C28H35F2N5O3S. The average Bonchev–Trinajstić information content (AvgIpc) is 3.64. The monoisotopic (exact) mass is 559 g/mol. The maximum Gasteiger partial charge on any atom is 0.269 e. The Morgan fingerprint density at radius 3 is 2.46 bits per heavy atom. The lowest BCUT2D eigenvalue weighted by molar-refractivity contribution is 0.148. The van der Waals surface area contributed by atoms with E-state index in [1.807, 2.05) is 6.92 Å². The number of alkyl halides is 2. The van der Waals surface area contributed by atoms with Gasteiger partial charge in [-0.25, -0.2) is 22.2 Å². The molecule has 0 amide bonds. The Morgan fingerprint density at radius 2 is 1.87 bits per heavy atom. The number of nitrogens with one attached hydrogen (secondary N) is 1. The second-order valence-corrected chi connectivity index (χ2v) is 13.3. The molecule has 0 radical (unpaired) electrons. The number of fused-ring (bicyclic) bond motifs is 1. The molecular weight excluding hydrogens is 524 g/mol. The number of anilines is 2. The molecule has 11 heteroatoms. The topological polar surface area (TPSA) is 97.2 Å². The number of halogens is 2. The quantitative estimate of drug-likeness (QED) is 0.366. The zero-order chi connectivity index (χ0) is 28.1. The van der Waals surface area contributed by atoms with Gasteiger partial charge in [-0.15, -0.1) is 0 Å². The second kappa shape index (κ2) is 10.2. The molecule has 1 saturated carbocycles. The predicted octanol–water partition coefficient (Wildman–Crippen LogP) is 5.95. The van der Waals surface area contributed by atoms with Crippen LogP contribution in [0.2, 0.25) is 0 Å². The Hall–Kier alpha value is -2.92. The Kier molecular flexibility index (Phi) is 7.26. The molecule has 3 heterocycles. The summed E-state index contributed by atoms with van der Waals surface area (Å²) in [6.45, 7) is 8.98. The van der Waals surface area contributed by atoms with E-state index in [-0.39, 0.29) is 22.3 Å². The maximum atomic E-state index is 13.8. The molecule has 2 aliphatic rings. The van der Waals surface area contributed by atoms with E-state index in [1.165, 1.54) is 16.8 Å². The van der Waals surface area contributed by atoms with Crippen LogP contribution in [-0.2, 0) is 10.0 Å². The third-order valence-corrected chi connectivity index (χ3v) is 10.3. The lowest BCUT2D eigenvalue weighted by atomic mass is 9.95. The summed E-state index contributed by atoms with van der Waals surface area (Å²) in [6.07, 6.45) is 2.67. The molecule has 1 atom stereocenters. The van der Waals surface area contributed by atoms with Gasteiger partial charge in [0.2, 0.25) is 16.0 Å². The molecule has 1 aromatic carbocycles. The van der Waals surface area contributed by atoms with Crippen molar-refractivity contribution in [3.05, 3.63) is 51.9 Å². The lowest BCUT2D eigenvalue weighted by Crippen LogP contribution is -2.37. The molecule has 210 valence electrons. The predicted molar refractivity (Wildman–Crippen MR) is 147 cm³/mol. The Morgan fingerprint density at radius 1 is 1.18 bits per heavy atom. The summed E-state index contributed by atoms with van der Waals surface area (Å²) in [4.78, 5) is 22.4. The molecule has 0 spiro atoms. The van der Waals surface area contributed by atoms with Crippen molar-refractivity contribution in [2.24, 2.45) is 11.3 Å². The summed E-state index contributed by atoms with van der Waals surface area (Å²) >= 11 is 0. The summed E-state index contributed by atoms with van der Waals surface area (Å²) in [7, 11) is -3.59. The highest BCUT2D eigenvalue weighted by Crippen LogP contribution is 2.55. The molecule has 1 saturated heterocycles. The van der Waals surface area contributed by atoms with E-state index in [0.717, 1.165) is 25.7 Å². The number of benzene rings is 1. The number of nitrogens with zero attached hydrogens (tertiary/aromatic N) is 4. The minimum Gasteiger partial charge on any atom is -0.324 e. The first-order chi connectivity index (χ1) is 18.4. The first-order valence-corrected chi connectivity index (χ1v) is 15.0. The van der Waals surface area contributed by atoms with Crippen LogP contribution in [0.5, 0.6) is 0 Å². The van der Waals surface area contributed by atoms with Crippen LogP contribution in [0, 0.1) is 18.3 Å². The summed E-state index contributed by atoms with van der Waals surface area (Å²) in [6, 6.07) is 5.78. The van der Waals surface area contributed by atoms with Crippen LogP contribution in [0.3, 0.4) is 0 Å². The van der Waals surface area contributed by atoms with Gasteiger partial charge in [0.05, 0.1) is 10.5 Å². The fourth-order valence-corrected chi connectivity index (χ4v) is 7.15. The van der Waals surface area contributed by atoms with E-state index in [1.54, 1.807) is 29.4 Å². The number of aryl methyl sites for hydroxylation is 1. The van der Waals surface area contributed by atoms with Gasteiger partial charge in [0.15, 0.2) is 0 Å². The van der Waals surface area contributed by atoms with Gasteiger partial charge in [-0.2, -0.15) is 9.29 Å². The van der Waals surface area contributed by atoms with Crippen LogP contribution >= 0.6 is 0 Å². The first kappa shape index (κ1) is 27.6. The number of hydrogen-bond donors (Lipinski definition) is 1. The summed E-state index contributed by atoms with van der Waals surface area (Å²) in [5.74, 6) is 0.713. The van der Waals surface area contributed by atoms with E-state index in [9.17, 15) is 22.0 Å². The number of piperidine rings is 1. The Balaban J connectivity index is 1.50. The van der Waals surface area contributed by atoms with Gasteiger partial charge in [-0.05, 0) is 80.2 Å². The average molecular weight is 560 g/mol. The molecule has 5 rings (SSSR count). The van der Waals surface area contributed by atoms with Gasteiger partial charge in [-0.1, -0.05) is 20.8 Å². The van der Waals surface area contributed by atoms with Gasteiger partial charge in [0.25, 0.3) is 12.0 Å². The van der Waals surface area contributed by atoms with Crippen molar-refractivity contribution in [3.8, 4) is 0 Å². The number of pyridine rings is 1. The van der Waals surface area contributed by atoms with Gasteiger partial charge < -0.3 is 5.32 Å².